The van der Waals surface area contributed by atoms with Gasteiger partial charge in [0, 0.05) is 31.7 Å². The van der Waals surface area contributed by atoms with E-state index in [0.29, 0.717) is 11.4 Å². The highest BCUT2D eigenvalue weighted by atomic mass is 79.9. The average Bonchev–Trinajstić information content (AvgIpc) is 3.39. The number of furan rings is 1. The molecule has 2 N–H and O–H groups in total. The highest BCUT2D eigenvalue weighted by molar-refractivity contribution is 9.10. The molecule has 4 heterocycles. The third-order valence-corrected chi connectivity index (χ3v) is 4.22. The highest BCUT2D eigenvalue weighted by Crippen LogP contribution is 2.16. The van der Waals surface area contributed by atoms with Crippen LogP contribution in [0.5, 0.6) is 0 Å². The summed E-state index contributed by atoms with van der Waals surface area (Å²) in [5, 5.41) is 13.7. The SMILES string of the molecule is Cn1cc(NC(=O)c2cc3ncc(Br)cn3n2)c(C(=O)NCc2ccco2)n1. The van der Waals surface area contributed by atoms with E-state index in [1.165, 1.54) is 15.5 Å². The molecule has 28 heavy (non-hydrogen) atoms. The number of rotatable bonds is 5. The molecule has 0 atom stereocenters. The first-order chi connectivity index (χ1) is 13.5. The number of halogens is 1. The molecule has 0 unspecified atom stereocenters. The third kappa shape index (κ3) is 3.64. The van der Waals surface area contributed by atoms with E-state index in [1.807, 2.05) is 0 Å². The van der Waals surface area contributed by atoms with Crippen molar-refractivity contribution in [1.29, 1.82) is 0 Å². The molecule has 0 bridgehead atoms. The van der Waals surface area contributed by atoms with Gasteiger partial charge >= 0.3 is 0 Å². The van der Waals surface area contributed by atoms with Gasteiger partial charge in [0.05, 0.1) is 23.0 Å². The second-order valence-electron chi connectivity index (χ2n) is 5.89. The number of aryl methyl sites for hydroxylation is 1. The molecule has 0 fully saturated rings. The van der Waals surface area contributed by atoms with Gasteiger partial charge in [-0.15, -0.1) is 0 Å². The van der Waals surface area contributed by atoms with E-state index in [1.54, 1.807) is 43.8 Å². The van der Waals surface area contributed by atoms with E-state index in [9.17, 15) is 9.59 Å². The summed E-state index contributed by atoms with van der Waals surface area (Å²) in [5.74, 6) is -0.305. The number of aromatic nitrogens is 5. The van der Waals surface area contributed by atoms with E-state index in [2.05, 4.69) is 41.7 Å². The van der Waals surface area contributed by atoms with Crippen molar-refractivity contribution in [2.45, 2.75) is 6.54 Å². The van der Waals surface area contributed by atoms with Gasteiger partial charge in [-0.2, -0.15) is 10.2 Å². The van der Waals surface area contributed by atoms with Gasteiger partial charge in [-0.3, -0.25) is 14.3 Å². The zero-order valence-electron chi connectivity index (χ0n) is 14.6. The van der Waals surface area contributed by atoms with Crippen molar-refractivity contribution >= 4 is 39.1 Å². The summed E-state index contributed by atoms with van der Waals surface area (Å²) in [6.07, 6.45) is 6.37. The molecule has 0 saturated heterocycles. The molecule has 0 aliphatic rings. The Morgan fingerprint density at radius 1 is 1.25 bits per heavy atom. The van der Waals surface area contributed by atoms with Crippen LogP contribution in [0.2, 0.25) is 0 Å². The normalized spacial score (nSPS) is 10.9. The molecule has 0 aromatic carbocycles. The van der Waals surface area contributed by atoms with Crippen molar-refractivity contribution in [2.75, 3.05) is 5.32 Å². The molecule has 11 heteroatoms. The molecule has 0 spiro atoms. The third-order valence-electron chi connectivity index (χ3n) is 3.81. The number of carbonyl (C=O) groups is 2. The number of hydrogen-bond acceptors (Lipinski definition) is 6. The van der Waals surface area contributed by atoms with Gasteiger partial charge in [-0.05, 0) is 28.1 Å². The van der Waals surface area contributed by atoms with E-state index < -0.39 is 11.8 Å². The fourth-order valence-electron chi connectivity index (χ4n) is 2.56. The topological polar surface area (TPSA) is 119 Å². The minimum Gasteiger partial charge on any atom is -0.467 e. The van der Waals surface area contributed by atoms with Gasteiger partial charge in [0.15, 0.2) is 17.0 Å². The van der Waals surface area contributed by atoms with E-state index >= 15 is 0 Å². The highest BCUT2D eigenvalue weighted by Gasteiger charge is 2.20. The van der Waals surface area contributed by atoms with Crippen LogP contribution in [-0.2, 0) is 13.6 Å². The lowest BCUT2D eigenvalue weighted by molar-refractivity contribution is 0.0943. The molecular formula is C17H14BrN7O3. The molecule has 10 nitrogen and oxygen atoms in total. The van der Waals surface area contributed by atoms with Crippen LogP contribution in [0.4, 0.5) is 5.69 Å². The largest absolute Gasteiger partial charge is 0.467 e. The van der Waals surface area contributed by atoms with Crippen molar-refractivity contribution in [3.05, 3.63) is 64.7 Å². The zero-order valence-corrected chi connectivity index (χ0v) is 16.2. The van der Waals surface area contributed by atoms with Gasteiger partial charge in [-0.1, -0.05) is 0 Å². The Bertz CT molecular complexity index is 1160. The predicted octanol–water partition coefficient (Wildman–Crippen LogP) is 2.00. The van der Waals surface area contributed by atoms with Crippen molar-refractivity contribution < 1.29 is 14.0 Å². The van der Waals surface area contributed by atoms with E-state index in [4.69, 9.17) is 4.42 Å². The maximum atomic E-state index is 12.6. The molecule has 4 rings (SSSR count). The van der Waals surface area contributed by atoms with Crippen LogP contribution in [-0.4, -0.2) is 36.2 Å². The summed E-state index contributed by atoms with van der Waals surface area (Å²) in [4.78, 5) is 29.2. The van der Waals surface area contributed by atoms with Crippen LogP contribution in [0.15, 0.2) is 51.9 Å². The lowest BCUT2D eigenvalue weighted by Crippen LogP contribution is -2.25. The maximum absolute atomic E-state index is 12.6. The molecular weight excluding hydrogens is 430 g/mol. The molecule has 0 aliphatic carbocycles. The smallest absolute Gasteiger partial charge is 0.276 e. The monoisotopic (exact) mass is 443 g/mol. The van der Waals surface area contributed by atoms with Gasteiger partial charge in [0.25, 0.3) is 11.8 Å². The lowest BCUT2D eigenvalue weighted by Gasteiger charge is -2.04. The number of nitrogens with zero attached hydrogens (tertiary/aromatic N) is 5. The standard InChI is InChI=1S/C17H14BrN7O3/c1-24-9-13(15(23-24)17(27)20-7-11-3-2-4-28-11)21-16(26)12-5-14-19-6-10(18)8-25(14)22-12/h2-6,8-9H,7H2,1H3,(H,20,27)(H,21,26). The quantitative estimate of drug-likeness (QED) is 0.486. The molecule has 0 radical (unpaired) electrons. The minimum absolute atomic E-state index is 0.0899. The van der Waals surface area contributed by atoms with E-state index in [0.717, 1.165) is 4.47 Å². The number of nitrogens with one attached hydrogen (secondary N) is 2. The molecule has 2 amide bonds. The van der Waals surface area contributed by atoms with Gasteiger partial charge in [-0.25, -0.2) is 9.50 Å². The minimum atomic E-state index is -0.477. The summed E-state index contributed by atoms with van der Waals surface area (Å²) in [5.41, 5.74) is 1.05. The van der Waals surface area contributed by atoms with Gasteiger partial charge in [0.1, 0.15) is 5.76 Å². The first kappa shape index (κ1) is 17.9. The summed E-state index contributed by atoms with van der Waals surface area (Å²) in [7, 11) is 1.66. The van der Waals surface area contributed by atoms with Crippen LogP contribution >= 0.6 is 15.9 Å². The van der Waals surface area contributed by atoms with Crippen LogP contribution in [0.3, 0.4) is 0 Å². The summed E-state index contributed by atoms with van der Waals surface area (Å²) in [6.45, 7) is 0.211. The molecule has 4 aromatic heterocycles. The van der Waals surface area contributed by atoms with E-state index in [-0.39, 0.29) is 23.6 Å². The van der Waals surface area contributed by atoms with Crippen LogP contribution < -0.4 is 10.6 Å². The summed E-state index contributed by atoms with van der Waals surface area (Å²) in [6, 6.07) is 5.03. The fourth-order valence-corrected chi connectivity index (χ4v) is 2.86. The Kier molecular flexibility index (Phi) is 4.65. The van der Waals surface area contributed by atoms with Crippen molar-refractivity contribution in [2.24, 2.45) is 7.05 Å². The Labute approximate surface area is 166 Å². The second-order valence-corrected chi connectivity index (χ2v) is 6.80. The van der Waals surface area contributed by atoms with Crippen LogP contribution in [0.25, 0.3) is 5.65 Å². The molecule has 0 saturated carbocycles. The Hall–Kier alpha value is -3.47. The number of amides is 2. The van der Waals surface area contributed by atoms with Crippen LogP contribution in [0, 0.1) is 0 Å². The number of anilines is 1. The zero-order chi connectivity index (χ0) is 19.7. The van der Waals surface area contributed by atoms with Crippen molar-refractivity contribution in [3.8, 4) is 0 Å². The Morgan fingerprint density at radius 3 is 2.89 bits per heavy atom. The maximum Gasteiger partial charge on any atom is 0.276 e. The second kappa shape index (κ2) is 7.27. The number of hydrogen-bond donors (Lipinski definition) is 2. The fraction of sp³-hybridized carbons (Fsp3) is 0.118. The molecule has 4 aromatic rings. The number of carbonyl (C=O) groups excluding carboxylic acids is 2. The average molecular weight is 444 g/mol. The van der Waals surface area contributed by atoms with Gasteiger partial charge in [0.2, 0.25) is 0 Å². The molecule has 142 valence electrons. The van der Waals surface area contributed by atoms with Crippen molar-refractivity contribution in [3.63, 3.8) is 0 Å². The Morgan fingerprint density at radius 2 is 2.11 bits per heavy atom. The van der Waals surface area contributed by atoms with Crippen molar-refractivity contribution in [1.82, 2.24) is 29.7 Å². The first-order valence-electron chi connectivity index (χ1n) is 8.16. The summed E-state index contributed by atoms with van der Waals surface area (Å²) >= 11 is 3.30. The number of fused-ring (bicyclic) bond motifs is 1. The molecule has 0 aliphatic heterocycles. The lowest BCUT2D eigenvalue weighted by atomic mass is 10.3. The van der Waals surface area contributed by atoms with Gasteiger partial charge < -0.3 is 15.1 Å². The summed E-state index contributed by atoms with van der Waals surface area (Å²) < 4.78 is 8.85. The Balaban J connectivity index is 1.52. The van der Waals surface area contributed by atoms with Crippen LogP contribution in [0.1, 0.15) is 26.7 Å². The first-order valence-corrected chi connectivity index (χ1v) is 8.95. The predicted molar refractivity (Wildman–Crippen MR) is 102 cm³/mol.